The van der Waals surface area contributed by atoms with E-state index in [2.05, 4.69) is 0 Å². The summed E-state index contributed by atoms with van der Waals surface area (Å²) in [6.45, 7) is 0.436. The number of nitrogens with zero attached hydrogens (tertiary/aromatic N) is 1. The first-order valence-corrected chi connectivity index (χ1v) is 11.6. The Hall–Kier alpha value is -3.13. The number of likely N-dealkylation sites (tertiary alicyclic amines) is 1. The van der Waals surface area contributed by atoms with Gasteiger partial charge in [0.1, 0.15) is 28.8 Å². The minimum atomic E-state index is -3.35. The van der Waals surface area contributed by atoms with Gasteiger partial charge >= 0.3 is 0 Å². The van der Waals surface area contributed by atoms with E-state index in [0.717, 1.165) is 5.56 Å². The second kappa shape index (κ2) is 8.93. The predicted molar refractivity (Wildman–Crippen MR) is 113 cm³/mol. The van der Waals surface area contributed by atoms with E-state index in [1.165, 1.54) is 18.4 Å². The van der Waals surface area contributed by atoms with Gasteiger partial charge in [-0.15, -0.1) is 0 Å². The van der Waals surface area contributed by atoms with Crippen molar-refractivity contribution in [3.63, 3.8) is 0 Å². The molecule has 0 spiro atoms. The molecule has 0 N–H and O–H groups in total. The van der Waals surface area contributed by atoms with Crippen LogP contribution in [-0.2, 0) is 26.8 Å². The Morgan fingerprint density at radius 2 is 1.84 bits per heavy atom. The van der Waals surface area contributed by atoms with Gasteiger partial charge in [-0.25, -0.2) is 12.8 Å². The summed E-state index contributed by atoms with van der Waals surface area (Å²) in [4.78, 5) is 14.0. The van der Waals surface area contributed by atoms with E-state index < -0.39 is 15.1 Å². The molecule has 0 atom stereocenters. The topological polar surface area (TPSA) is 76.8 Å². The number of halogens is 1. The van der Waals surface area contributed by atoms with Crippen LogP contribution in [0.25, 0.3) is 0 Å². The Labute approximate surface area is 180 Å². The van der Waals surface area contributed by atoms with Crippen molar-refractivity contribution in [3.8, 4) is 11.5 Å². The lowest BCUT2D eigenvalue weighted by atomic mass is 10.1. The molecule has 8 heteroatoms. The Bertz CT molecular complexity index is 1140. The lowest BCUT2D eigenvalue weighted by Gasteiger charge is -2.38. The van der Waals surface area contributed by atoms with Crippen molar-refractivity contribution in [2.45, 2.75) is 23.8 Å². The summed E-state index contributed by atoms with van der Waals surface area (Å²) in [5, 5.41) is -0.547. The van der Waals surface area contributed by atoms with Crippen LogP contribution in [0.1, 0.15) is 17.7 Å². The number of furan rings is 1. The van der Waals surface area contributed by atoms with Crippen molar-refractivity contribution in [3.05, 3.63) is 84.1 Å². The molecule has 1 aliphatic rings. The highest BCUT2D eigenvalue weighted by atomic mass is 32.2. The fourth-order valence-electron chi connectivity index (χ4n) is 3.39. The van der Waals surface area contributed by atoms with E-state index in [-0.39, 0.29) is 37.0 Å². The summed E-state index contributed by atoms with van der Waals surface area (Å²) >= 11 is 0. The fraction of sp³-hybridized carbons (Fsp3) is 0.261. The smallest absolute Gasteiger partial charge is 0.222 e. The zero-order valence-corrected chi connectivity index (χ0v) is 17.6. The number of carbonyl (C=O) groups excluding carboxylic acids is 1. The van der Waals surface area contributed by atoms with Crippen LogP contribution in [0.15, 0.2) is 71.3 Å². The van der Waals surface area contributed by atoms with E-state index in [0.29, 0.717) is 23.7 Å². The molecule has 1 saturated heterocycles. The van der Waals surface area contributed by atoms with Crippen molar-refractivity contribution in [2.75, 3.05) is 13.1 Å². The quantitative estimate of drug-likeness (QED) is 0.527. The van der Waals surface area contributed by atoms with E-state index in [9.17, 15) is 17.6 Å². The highest BCUT2D eigenvalue weighted by Gasteiger charge is 2.39. The SMILES string of the molecule is O=C(CCc1cccc(Oc2ccc(F)cc2)c1)N1CC(S(=O)(=O)Cc2ccco2)C1. The number of ether oxygens (including phenoxy) is 1. The van der Waals surface area contributed by atoms with Crippen LogP contribution in [0.2, 0.25) is 0 Å². The molecule has 0 bridgehead atoms. The van der Waals surface area contributed by atoms with Gasteiger partial charge in [0.05, 0.1) is 11.5 Å². The van der Waals surface area contributed by atoms with Crippen LogP contribution < -0.4 is 4.74 Å². The second-order valence-electron chi connectivity index (χ2n) is 7.51. The maximum atomic E-state index is 13.0. The summed E-state index contributed by atoms with van der Waals surface area (Å²) in [7, 11) is -3.35. The van der Waals surface area contributed by atoms with Gasteiger partial charge in [0.2, 0.25) is 5.91 Å². The minimum absolute atomic E-state index is 0.0747. The maximum absolute atomic E-state index is 13.0. The average molecular weight is 443 g/mol. The molecule has 1 aliphatic heterocycles. The fourth-order valence-corrected chi connectivity index (χ4v) is 5.00. The van der Waals surface area contributed by atoms with Crippen LogP contribution in [0.5, 0.6) is 11.5 Å². The molecule has 2 aromatic carbocycles. The van der Waals surface area contributed by atoms with Gasteiger partial charge in [-0.3, -0.25) is 4.79 Å². The van der Waals surface area contributed by atoms with Crippen molar-refractivity contribution in [2.24, 2.45) is 0 Å². The first-order valence-electron chi connectivity index (χ1n) is 9.93. The van der Waals surface area contributed by atoms with Crippen molar-refractivity contribution < 1.29 is 26.8 Å². The normalized spacial score (nSPS) is 14.3. The molecule has 0 radical (unpaired) electrons. The molecule has 0 unspecified atom stereocenters. The van der Waals surface area contributed by atoms with Crippen LogP contribution >= 0.6 is 0 Å². The number of benzene rings is 2. The molecule has 0 aliphatic carbocycles. The third-order valence-electron chi connectivity index (χ3n) is 5.21. The van der Waals surface area contributed by atoms with Crippen LogP contribution in [0.3, 0.4) is 0 Å². The second-order valence-corrected chi connectivity index (χ2v) is 9.79. The Balaban J connectivity index is 1.26. The molecule has 31 heavy (non-hydrogen) atoms. The summed E-state index contributed by atoms with van der Waals surface area (Å²) < 4.78 is 48.6. The van der Waals surface area contributed by atoms with Gasteiger partial charge in [-0.1, -0.05) is 12.1 Å². The third-order valence-corrected chi connectivity index (χ3v) is 7.21. The molecular weight excluding hydrogens is 421 g/mol. The van der Waals surface area contributed by atoms with Gasteiger partial charge < -0.3 is 14.1 Å². The Kier molecular flexibility index (Phi) is 6.08. The van der Waals surface area contributed by atoms with Crippen LogP contribution in [0.4, 0.5) is 4.39 Å². The number of rotatable bonds is 8. The summed E-state index contributed by atoms with van der Waals surface area (Å²) in [6.07, 6.45) is 2.24. The number of aryl methyl sites for hydroxylation is 1. The molecule has 3 aromatic rings. The number of hydrogen-bond acceptors (Lipinski definition) is 5. The zero-order chi connectivity index (χ0) is 21.8. The minimum Gasteiger partial charge on any atom is -0.468 e. The largest absolute Gasteiger partial charge is 0.468 e. The van der Waals surface area contributed by atoms with Crippen LogP contribution in [-0.4, -0.2) is 37.6 Å². The summed E-state index contributed by atoms with van der Waals surface area (Å²) in [6, 6.07) is 16.4. The molecule has 1 fully saturated rings. The van der Waals surface area contributed by atoms with Gasteiger partial charge in [-0.2, -0.15) is 0 Å². The third kappa shape index (κ3) is 5.32. The van der Waals surface area contributed by atoms with Crippen LogP contribution in [0, 0.1) is 5.82 Å². The summed E-state index contributed by atoms with van der Waals surface area (Å²) in [5.41, 5.74) is 0.926. The van der Waals surface area contributed by atoms with Gasteiger partial charge in [0, 0.05) is 19.5 Å². The number of carbonyl (C=O) groups is 1. The van der Waals surface area contributed by atoms with Gasteiger partial charge in [0.15, 0.2) is 9.84 Å². The number of hydrogen-bond donors (Lipinski definition) is 0. The maximum Gasteiger partial charge on any atom is 0.222 e. The standard InChI is InChI=1S/C23H22FNO5S/c24-18-7-9-19(10-8-18)30-20-4-1-3-17(13-20)6-11-23(26)25-14-22(15-25)31(27,28)16-21-5-2-12-29-21/h1-5,7-10,12-13,22H,6,11,14-16H2. The zero-order valence-electron chi connectivity index (χ0n) is 16.7. The predicted octanol–water partition coefficient (Wildman–Crippen LogP) is 3.97. The highest BCUT2D eigenvalue weighted by molar-refractivity contribution is 7.91. The molecule has 1 amide bonds. The molecule has 162 valence electrons. The summed E-state index contributed by atoms with van der Waals surface area (Å²) in [5.74, 6) is 0.984. The number of amides is 1. The van der Waals surface area contributed by atoms with Gasteiger partial charge in [0.25, 0.3) is 0 Å². The molecule has 4 rings (SSSR count). The van der Waals surface area contributed by atoms with E-state index >= 15 is 0 Å². The lowest BCUT2D eigenvalue weighted by molar-refractivity contribution is -0.134. The van der Waals surface area contributed by atoms with E-state index in [4.69, 9.17) is 9.15 Å². The van der Waals surface area contributed by atoms with E-state index in [1.807, 2.05) is 18.2 Å². The lowest BCUT2D eigenvalue weighted by Crippen LogP contribution is -2.57. The first kappa shape index (κ1) is 21.1. The molecule has 0 saturated carbocycles. The molecule has 2 heterocycles. The van der Waals surface area contributed by atoms with Crippen molar-refractivity contribution >= 4 is 15.7 Å². The van der Waals surface area contributed by atoms with Crippen molar-refractivity contribution in [1.29, 1.82) is 0 Å². The highest BCUT2D eigenvalue weighted by Crippen LogP contribution is 2.24. The van der Waals surface area contributed by atoms with Crippen molar-refractivity contribution in [1.82, 2.24) is 4.90 Å². The molecule has 1 aromatic heterocycles. The monoisotopic (exact) mass is 443 g/mol. The number of sulfone groups is 1. The first-order chi connectivity index (χ1) is 14.9. The Morgan fingerprint density at radius 3 is 2.55 bits per heavy atom. The Morgan fingerprint density at radius 1 is 1.06 bits per heavy atom. The van der Waals surface area contributed by atoms with Gasteiger partial charge in [-0.05, 0) is 60.5 Å². The average Bonchev–Trinajstić information content (AvgIpc) is 3.19. The van der Waals surface area contributed by atoms with E-state index in [1.54, 1.807) is 35.2 Å². The molecule has 6 nitrogen and oxygen atoms in total. The molecular formula is C23H22FNO5S.